The van der Waals surface area contributed by atoms with E-state index in [4.69, 9.17) is 0 Å². The molecule has 1 aliphatic carbocycles. The fourth-order valence-corrected chi connectivity index (χ4v) is 3.97. The van der Waals surface area contributed by atoms with Crippen molar-refractivity contribution in [2.75, 3.05) is 0 Å². The van der Waals surface area contributed by atoms with E-state index in [1.165, 1.54) is 32.1 Å². The van der Waals surface area contributed by atoms with Crippen molar-refractivity contribution >= 4 is 0 Å². The Morgan fingerprint density at radius 3 is 1.76 bits per heavy atom. The minimum absolute atomic E-state index is 0.497. The molecule has 3 heterocycles. The largest absolute Gasteiger partial charge is 0.310 e. The fraction of sp³-hybridized carbons (Fsp3) is 0.455. The van der Waals surface area contributed by atoms with Crippen LogP contribution < -0.4 is 10.6 Å². The lowest BCUT2D eigenvalue weighted by Gasteiger charge is -2.26. The van der Waals surface area contributed by atoms with Crippen molar-refractivity contribution in [2.45, 2.75) is 64.3 Å². The third kappa shape index (κ3) is 5.46. The van der Waals surface area contributed by atoms with Gasteiger partial charge in [-0.2, -0.15) is 0 Å². The standard InChI is InChI=1S/C22H29N7/c1-2-10-20(11-3-1)29-21(16-23-14-18-8-4-6-12-25-18)27-28-22(29)17-24-15-19-9-5-7-13-26-19/h4-9,12-13,20,23-24H,1-3,10-11,14-17H2. The highest BCUT2D eigenvalue weighted by atomic mass is 15.3. The van der Waals surface area contributed by atoms with Gasteiger partial charge in [-0.3, -0.25) is 9.97 Å². The van der Waals surface area contributed by atoms with Crippen molar-refractivity contribution in [3.63, 3.8) is 0 Å². The lowest BCUT2D eigenvalue weighted by Crippen LogP contribution is -2.24. The minimum atomic E-state index is 0.497. The van der Waals surface area contributed by atoms with E-state index in [0.29, 0.717) is 19.1 Å². The zero-order valence-electron chi connectivity index (χ0n) is 16.8. The molecule has 0 saturated heterocycles. The number of hydrogen-bond donors (Lipinski definition) is 2. The molecule has 7 heteroatoms. The topological polar surface area (TPSA) is 80.5 Å². The molecule has 1 aliphatic rings. The average molecular weight is 392 g/mol. The van der Waals surface area contributed by atoms with Crippen LogP contribution in [0.1, 0.15) is 61.2 Å². The van der Waals surface area contributed by atoms with Crippen LogP contribution in [-0.2, 0) is 26.2 Å². The van der Waals surface area contributed by atoms with Gasteiger partial charge >= 0.3 is 0 Å². The summed E-state index contributed by atoms with van der Waals surface area (Å²) in [6.07, 6.45) is 9.96. The van der Waals surface area contributed by atoms with Crippen LogP contribution in [0.4, 0.5) is 0 Å². The molecule has 3 aromatic rings. The second kappa shape index (κ2) is 10.2. The van der Waals surface area contributed by atoms with Gasteiger partial charge in [0.25, 0.3) is 0 Å². The molecule has 29 heavy (non-hydrogen) atoms. The first-order chi connectivity index (χ1) is 14.4. The van der Waals surface area contributed by atoms with Gasteiger partial charge in [-0.1, -0.05) is 31.4 Å². The molecule has 4 rings (SSSR count). The number of aromatic nitrogens is 5. The van der Waals surface area contributed by atoms with Crippen molar-refractivity contribution in [3.8, 4) is 0 Å². The van der Waals surface area contributed by atoms with Gasteiger partial charge in [-0.15, -0.1) is 10.2 Å². The van der Waals surface area contributed by atoms with Crippen molar-refractivity contribution < 1.29 is 0 Å². The summed E-state index contributed by atoms with van der Waals surface area (Å²) in [6.45, 7) is 2.85. The van der Waals surface area contributed by atoms with Crippen LogP contribution in [0.2, 0.25) is 0 Å². The lowest BCUT2D eigenvalue weighted by atomic mass is 9.95. The Bertz CT molecular complexity index is 794. The predicted octanol–water partition coefficient (Wildman–Crippen LogP) is 3.15. The zero-order valence-corrected chi connectivity index (χ0v) is 16.8. The molecule has 0 radical (unpaired) electrons. The van der Waals surface area contributed by atoms with Crippen molar-refractivity contribution in [2.24, 2.45) is 0 Å². The summed E-state index contributed by atoms with van der Waals surface area (Å²) in [5.41, 5.74) is 2.07. The molecule has 7 nitrogen and oxygen atoms in total. The third-order valence-corrected chi connectivity index (χ3v) is 5.41. The van der Waals surface area contributed by atoms with E-state index in [-0.39, 0.29) is 0 Å². The lowest BCUT2D eigenvalue weighted by molar-refractivity contribution is 0.333. The van der Waals surface area contributed by atoms with Crippen LogP contribution in [0, 0.1) is 0 Å². The Morgan fingerprint density at radius 1 is 0.724 bits per heavy atom. The first kappa shape index (κ1) is 19.7. The predicted molar refractivity (Wildman–Crippen MR) is 112 cm³/mol. The number of rotatable bonds is 9. The van der Waals surface area contributed by atoms with Crippen molar-refractivity contribution in [1.29, 1.82) is 0 Å². The number of hydrogen-bond acceptors (Lipinski definition) is 6. The Labute approximate surface area is 172 Å². The molecule has 1 fully saturated rings. The summed E-state index contributed by atoms with van der Waals surface area (Å²) in [5, 5.41) is 16.0. The minimum Gasteiger partial charge on any atom is -0.310 e. The van der Waals surface area contributed by atoms with Gasteiger partial charge in [-0.25, -0.2) is 0 Å². The molecule has 0 amide bonds. The Balaban J connectivity index is 1.41. The number of nitrogens with one attached hydrogen (secondary N) is 2. The molecular formula is C22H29N7. The normalized spacial score (nSPS) is 14.9. The van der Waals surface area contributed by atoms with E-state index in [9.17, 15) is 0 Å². The monoisotopic (exact) mass is 391 g/mol. The van der Waals surface area contributed by atoms with Crippen LogP contribution in [0.15, 0.2) is 48.8 Å². The van der Waals surface area contributed by atoms with E-state index in [1.807, 2.05) is 48.8 Å². The summed E-state index contributed by atoms with van der Waals surface area (Å²) < 4.78 is 2.37. The number of pyridine rings is 2. The van der Waals surface area contributed by atoms with Crippen LogP contribution in [0.25, 0.3) is 0 Å². The van der Waals surface area contributed by atoms with Crippen LogP contribution >= 0.6 is 0 Å². The van der Waals surface area contributed by atoms with E-state index < -0.39 is 0 Å². The van der Waals surface area contributed by atoms with Gasteiger partial charge in [0, 0.05) is 31.5 Å². The summed E-state index contributed by atoms with van der Waals surface area (Å²) in [4.78, 5) is 8.75. The van der Waals surface area contributed by atoms with Crippen LogP contribution in [0.3, 0.4) is 0 Å². The summed E-state index contributed by atoms with van der Waals surface area (Å²) in [6, 6.07) is 12.5. The van der Waals surface area contributed by atoms with Gasteiger partial charge in [0.15, 0.2) is 0 Å². The summed E-state index contributed by atoms with van der Waals surface area (Å²) >= 11 is 0. The highest BCUT2D eigenvalue weighted by Gasteiger charge is 2.22. The van der Waals surface area contributed by atoms with Gasteiger partial charge in [0.1, 0.15) is 11.6 Å². The first-order valence-corrected chi connectivity index (χ1v) is 10.5. The SMILES string of the molecule is c1ccc(CNCc2nnc(CNCc3ccccn3)n2C2CCCCC2)nc1. The first-order valence-electron chi connectivity index (χ1n) is 10.5. The van der Waals surface area contributed by atoms with Gasteiger partial charge in [0.2, 0.25) is 0 Å². The van der Waals surface area contributed by atoms with Gasteiger partial charge < -0.3 is 15.2 Å². The molecule has 152 valence electrons. The maximum atomic E-state index is 4.52. The molecule has 0 unspecified atom stereocenters. The van der Waals surface area contributed by atoms with Gasteiger partial charge in [0.05, 0.1) is 24.5 Å². The Morgan fingerprint density at radius 2 is 1.28 bits per heavy atom. The third-order valence-electron chi connectivity index (χ3n) is 5.41. The number of nitrogens with zero attached hydrogens (tertiary/aromatic N) is 5. The highest BCUT2D eigenvalue weighted by Crippen LogP contribution is 2.30. The van der Waals surface area contributed by atoms with Crippen LogP contribution in [-0.4, -0.2) is 24.7 Å². The molecule has 0 spiro atoms. The van der Waals surface area contributed by atoms with Crippen LogP contribution in [0.5, 0.6) is 0 Å². The molecule has 3 aromatic heterocycles. The quantitative estimate of drug-likeness (QED) is 0.583. The molecular weight excluding hydrogens is 362 g/mol. The highest BCUT2D eigenvalue weighted by molar-refractivity contribution is 5.05. The Hall–Kier alpha value is -2.64. The smallest absolute Gasteiger partial charge is 0.147 e. The molecule has 0 aliphatic heterocycles. The zero-order chi connectivity index (χ0) is 19.7. The van der Waals surface area contributed by atoms with Crippen molar-refractivity contribution in [1.82, 2.24) is 35.4 Å². The van der Waals surface area contributed by atoms with E-state index in [1.54, 1.807) is 0 Å². The second-order valence-electron chi connectivity index (χ2n) is 7.54. The fourth-order valence-electron chi connectivity index (χ4n) is 3.97. The molecule has 1 saturated carbocycles. The average Bonchev–Trinajstić information content (AvgIpc) is 3.18. The molecule has 0 atom stereocenters. The van der Waals surface area contributed by atoms with E-state index in [0.717, 1.165) is 36.1 Å². The maximum absolute atomic E-state index is 4.52. The van der Waals surface area contributed by atoms with Gasteiger partial charge in [-0.05, 0) is 37.1 Å². The van der Waals surface area contributed by atoms with E-state index >= 15 is 0 Å². The Kier molecular flexibility index (Phi) is 6.94. The maximum Gasteiger partial charge on any atom is 0.147 e. The second-order valence-corrected chi connectivity index (χ2v) is 7.54. The molecule has 0 aromatic carbocycles. The molecule has 0 bridgehead atoms. The molecule has 2 N–H and O–H groups in total. The van der Waals surface area contributed by atoms with E-state index in [2.05, 4.69) is 35.4 Å². The van der Waals surface area contributed by atoms with Crippen molar-refractivity contribution in [3.05, 3.63) is 71.8 Å². The summed E-state index contributed by atoms with van der Waals surface area (Å²) in [5.74, 6) is 2.03. The summed E-state index contributed by atoms with van der Waals surface area (Å²) in [7, 11) is 0.